The Hall–Kier alpha value is -3.31. The van der Waals surface area contributed by atoms with Gasteiger partial charge in [-0.15, -0.1) is 0 Å². The highest BCUT2D eigenvalue weighted by atomic mass is 32.2. The second-order valence-electron chi connectivity index (χ2n) is 6.36. The molecule has 0 saturated carbocycles. The molecule has 2 N–H and O–H groups in total. The van der Waals surface area contributed by atoms with Gasteiger partial charge in [0.05, 0.1) is 15.4 Å². The van der Waals surface area contributed by atoms with Gasteiger partial charge in [0.15, 0.2) is 6.61 Å². The van der Waals surface area contributed by atoms with Gasteiger partial charge in [-0.1, -0.05) is 13.0 Å². The topological polar surface area (TPSA) is 145 Å². The van der Waals surface area contributed by atoms with Crippen LogP contribution in [-0.2, 0) is 19.6 Å². The van der Waals surface area contributed by atoms with Gasteiger partial charge >= 0.3 is 5.97 Å². The summed E-state index contributed by atoms with van der Waals surface area (Å²) in [5.41, 5.74) is 1.22. The van der Waals surface area contributed by atoms with Crippen molar-refractivity contribution in [3.8, 4) is 0 Å². The zero-order valence-electron chi connectivity index (χ0n) is 16.6. The van der Waals surface area contributed by atoms with Gasteiger partial charge in [0.1, 0.15) is 0 Å². The van der Waals surface area contributed by atoms with Crippen molar-refractivity contribution in [2.45, 2.75) is 25.7 Å². The van der Waals surface area contributed by atoms with Crippen LogP contribution in [0.1, 0.15) is 28.4 Å². The molecule has 0 bridgehead atoms. The van der Waals surface area contributed by atoms with Crippen LogP contribution in [0.2, 0.25) is 0 Å². The van der Waals surface area contributed by atoms with E-state index in [4.69, 9.17) is 4.74 Å². The van der Waals surface area contributed by atoms with Crippen molar-refractivity contribution in [2.24, 2.45) is 0 Å². The number of hydrogen-bond acceptors (Lipinski definition) is 7. The summed E-state index contributed by atoms with van der Waals surface area (Å²) in [5, 5.41) is 13.3. The van der Waals surface area contributed by atoms with Crippen molar-refractivity contribution in [1.29, 1.82) is 0 Å². The Morgan fingerprint density at radius 3 is 2.40 bits per heavy atom. The van der Waals surface area contributed by atoms with E-state index < -0.39 is 33.4 Å². The third kappa shape index (κ3) is 5.61. The van der Waals surface area contributed by atoms with Crippen molar-refractivity contribution in [3.63, 3.8) is 0 Å². The molecule has 10 nitrogen and oxygen atoms in total. The predicted molar refractivity (Wildman–Crippen MR) is 109 cm³/mol. The summed E-state index contributed by atoms with van der Waals surface area (Å²) in [5.74, 6) is -1.49. The first-order chi connectivity index (χ1) is 14.0. The van der Waals surface area contributed by atoms with Gasteiger partial charge in [0.2, 0.25) is 10.0 Å². The second-order valence-corrected chi connectivity index (χ2v) is 8.13. The molecule has 0 aromatic heterocycles. The number of benzene rings is 2. The molecule has 2 aromatic rings. The molecule has 160 valence electrons. The number of sulfonamides is 1. The van der Waals surface area contributed by atoms with Gasteiger partial charge in [0, 0.05) is 24.4 Å². The van der Waals surface area contributed by atoms with E-state index in [1.54, 1.807) is 20.8 Å². The monoisotopic (exact) mass is 435 g/mol. The highest BCUT2D eigenvalue weighted by molar-refractivity contribution is 7.89. The van der Waals surface area contributed by atoms with Crippen LogP contribution < -0.4 is 10.0 Å². The molecule has 0 heterocycles. The molecule has 1 amide bonds. The Morgan fingerprint density at radius 1 is 1.10 bits per heavy atom. The number of aryl methyl sites for hydroxylation is 2. The molecule has 0 aliphatic rings. The minimum Gasteiger partial charge on any atom is -0.452 e. The fourth-order valence-corrected chi connectivity index (χ4v) is 3.63. The van der Waals surface area contributed by atoms with Crippen LogP contribution in [0.15, 0.2) is 41.3 Å². The lowest BCUT2D eigenvalue weighted by atomic mass is 10.1. The first-order valence-electron chi connectivity index (χ1n) is 8.87. The number of esters is 1. The smallest absolute Gasteiger partial charge is 0.338 e. The lowest BCUT2D eigenvalue weighted by Gasteiger charge is -2.11. The Labute approximate surface area is 173 Å². The molecule has 0 atom stereocenters. The number of nitrogens with one attached hydrogen (secondary N) is 2. The van der Waals surface area contributed by atoms with E-state index in [-0.39, 0.29) is 22.7 Å². The number of carbonyl (C=O) groups is 2. The first kappa shape index (κ1) is 23.0. The third-order valence-corrected chi connectivity index (χ3v) is 5.65. The molecule has 0 radical (unpaired) electrons. The molecule has 0 spiro atoms. The van der Waals surface area contributed by atoms with E-state index in [2.05, 4.69) is 10.0 Å². The number of amides is 1. The maximum absolute atomic E-state index is 12.4. The molecule has 0 aliphatic carbocycles. The predicted octanol–water partition coefficient (Wildman–Crippen LogP) is 2.31. The maximum atomic E-state index is 12.4. The van der Waals surface area contributed by atoms with Crippen molar-refractivity contribution < 1.29 is 27.7 Å². The average molecular weight is 435 g/mol. The summed E-state index contributed by atoms with van der Waals surface area (Å²) in [6.45, 7) is 4.41. The van der Waals surface area contributed by atoms with E-state index >= 15 is 0 Å². The molecule has 2 rings (SSSR count). The van der Waals surface area contributed by atoms with E-state index in [0.29, 0.717) is 16.8 Å². The molecule has 30 heavy (non-hydrogen) atoms. The number of ether oxygens (including phenoxy) is 1. The SMILES string of the molecule is CCNS(=O)(=O)c1ccc(C)c(C(=O)OCC(=O)Nc2ccc([N+](=O)[O-])cc2C)c1. The normalized spacial score (nSPS) is 11.0. The highest BCUT2D eigenvalue weighted by Gasteiger charge is 2.19. The Kier molecular flexibility index (Phi) is 7.24. The first-order valence-corrected chi connectivity index (χ1v) is 10.4. The van der Waals surface area contributed by atoms with Gasteiger partial charge in [0.25, 0.3) is 11.6 Å². The van der Waals surface area contributed by atoms with Gasteiger partial charge < -0.3 is 10.1 Å². The van der Waals surface area contributed by atoms with Gasteiger partial charge in [-0.3, -0.25) is 14.9 Å². The number of nitro groups is 1. The summed E-state index contributed by atoms with van der Waals surface area (Å²) >= 11 is 0. The van der Waals surface area contributed by atoms with E-state index in [0.717, 1.165) is 0 Å². The fourth-order valence-electron chi connectivity index (χ4n) is 2.56. The quantitative estimate of drug-likeness (QED) is 0.368. The molecular formula is C19H21N3O7S. The Bertz CT molecular complexity index is 1100. The summed E-state index contributed by atoms with van der Waals surface area (Å²) in [4.78, 5) is 34.6. The number of anilines is 1. The van der Waals surface area contributed by atoms with Crippen molar-refractivity contribution in [3.05, 3.63) is 63.2 Å². The van der Waals surface area contributed by atoms with E-state index in [9.17, 15) is 28.1 Å². The number of nitrogens with zero attached hydrogens (tertiary/aromatic N) is 1. The maximum Gasteiger partial charge on any atom is 0.338 e. The Balaban J connectivity index is 2.07. The zero-order chi connectivity index (χ0) is 22.5. The molecular weight excluding hydrogens is 414 g/mol. The van der Waals surface area contributed by atoms with Crippen molar-refractivity contribution >= 4 is 33.3 Å². The number of nitro benzene ring substituents is 1. The number of non-ortho nitro benzene ring substituents is 1. The summed E-state index contributed by atoms with van der Waals surface area (Å²) in [7, 11) is -3.75. The second kappa shape index (κ2) is 9.46. The van der Waals surface area contributed by atoms with E-state index in [1.807, 2.05) is 0 Å². The minimum atomic E-state index is -3.75. The lowest BCUT2D eigenvalue weighted by molar-refractivity contribution is -0.384. The zero-order valence-corrected chi connectivity index (χ0v) is 17.4. The van der Waals surface area contributed by atoms with Gasteiger partial charge in [-0.2, -0.15) is 0 Å². The lowest BCUT2D eigenvalue weighted by Crippen LogP contribution is -2.24. The molecule has 0 aliphatic heterocycles. The van der Waals surface area contributed by atoms with Crippen LogP contribution in [0.4, 0.5) is 11.4 Å². The number of carbonyl (C=O) groups excluding carboxylic acids is 2. The van der Waals surface area contributed by atoms with Crippen LogP contribution in [0, 0.1) is 24.0 Å². The van der Waals surface area contributed by atoms with Crippen LogP contribution in [0.5, 0.6) is 0 Å². The standard InChI is InChI=1S/C19H21N3O7S/c1-4-20-30(27,28)15-7-5-12(2)16(10-15)19(24)29-11-18(23)21-17-8-6-14(22(25)26)9-13(17)3/h5-10,20H,4,11H2,1-3H3,(H,21,23). The van der Waals surface area contributed by atoms with Crippen molar-refractivity contribution in [2.75, 3.05) is 18.5 Å². The summed E-state index contributed by atoms with van der Waals surface area (Å²) in [6.07, 6.45) is 0. The third-order valence-electron chi connectivity index (χ3n) is 4.10. The largest absolute Gasteiger partial charge is 0.452 e. The summed E-state index contributed by atoms with van der Waals surface area (Å²) < 4.78 is 31.6. The number of hydrogen-bond donors (Lipinski definition) is 2. The molecule has 11 heteroatoms. The van der Waals surface area contributed by atoms with Gasteiger partial charge in [-0.05, 0) is 43.2 Å². The van der Waals surface area contributed by atoms with Gasteiger partial charge in [-0.25, -0.2) is 17.9 Å². The minimum absolute atomic E-state index is 0.0216. The van der Waals surface area contributed by atoms with E-state index in [1.165, 1.54) is 36.4 Å². The Morgan fingerprint density at radius 2 is 1.80 bits per heavy atom. The molecule has 2 aromatic carbocycles. The van der Waals surface area contributed by atoms with Crippen LogP contribution in [0.25, 0.3) is 0 Å². The molecule has 0 saturated heterocycles. The molecule has 0 fully saturated rings. The number of rotatable bonds is 8. The fraction of sp³-hybridized carbons (Fsp3) is 0.263. The average Bonchev–Trinajstić information content (AvgIpc) is 2.67. The van der Waals surface area contributed by atoms with Crippen molar-refractivity contribution in [1.82, 2.24) is 4.72 Å². The molecule has 0 unspecified atom stereocenters. The van der Waals surface area contributed by atoms with Crippen LogP contribution in [0.3, 0.4) is 0 Å². The van der Waals surface area contributed by atoms with Crippen LogP contribution in [-0.4, -0.2) is 38.4 Å². The highest BCUT2D eigenvalue weighted by Crippen LogP contribution is 2.21. The summed E-state index contributed by atoms with van der Waals surface area (Å²) in [6, 6.07) is 7.96. The van der Waals surface area contributed by atoms with Crippen LogP contribution >= 0.6 is 0 Å².